The zero-order valence-corrected chi connectivity index (χ0v) is 37.0. The quantitative estimate of drug-likeness (QED) is 0.160. The first kappa shape index (κ1) is 39.7. The molecular formula is C61H43N5O. The Morgan fingerprint density at radius 1 is 0.358 bits per heavy atom. The number of oxazole rings is 1. The second kappa shape index (κ2) is 16.6. The summed E-state index contributed by atoms with van der Waals surface area (Å²) in [7, 11) is 0. The van der Waals surface area contributed by atoms with E-state index in [1.807, 2.05) is 56.3 Å². The molecule has 0 aliphatic heterocycles. The van der Waals surface area contributed by atoms with Crippen molar-refractivity contribution >= 4 is 54.7 Å². The summed E-state index contributed by atoms with van der Waals surface area (Å²) in [5, 5.41) is 4.31. The molecule has 0 saturated heterocycles. The van der Waals surface area contributed by atoms with Gasteiger partial charge in [0.15, 0.2) is 5.58 Å². The van der Waals surface area contributed by atoms with Crippen molar-refractivity contribution in [3.05, 3.63) is 224 Å². The lowest BCUT2D eigenvalue weighted by Crippen LogP contribution is -2.06. The van der Waals surface area contributed by atoms with Gasteiger partial charge in [-0.1, -0.05) is 184 Å². The molecule has 67 heavy (non-hydrogen) atoms. The second-order valence-electron chi connectivity index (χ2n) is 16.4. The minimum atomic E-state index is 0.551. The molecular weight excluding hydrogens is 819 g/mol. The fourth-order valence-electron chi connectivity index (χ4n) is 9.55. The lowest BCUT2D eigenvalue weighted by Gasteiger charge is -2.15. The summed E-state index contributed by atoms with van der Waals surface area (Å²) in [6.45, 7) is 4.00. The van der Waals surface area contributed by atoms with Crippen molar-refractivity contribution in [3.8, 4) is 67.9 Å². The predicted octanol–water partition coefficient (Wildman–Crippen LogP) is 16.2. The minimum Gasteiger partial charge on any atom is -0.435 e. The number of hydrogen-bond donors (Lipinski definition) is 0. The maximum Gasteiger partial charge on any atom is 0.235 e. The van der Waals surface area contributed by atoms with E-state index in [9.17, 15) is 0 Å². The van der Waals surface area contributed by atoms with E-state index in [-0.39, 0.29) is 0 Å². The van der Waals surface area contributed by atoms with Gasteiger partial charge in [0.2, 0.25) is 11.8 Å². The van der Waals surface area contributed by atoms with Gasteiger partial charge in [-0.15, -0.1) is 0 Å². The van der Waals surface area contributed by atoms with Crippen LogP contribution in [0.4, 0.5) is 0 Å². The van der Waals surface area contributed by atoms with Gasteiger partial charge >= 0.3 is 0 Å². The molecule has 318 valence electrons. The van der Waals surface area contributed by atoms with Crippen LogP contribution in [0.2, 0.25) is 0 Å². The van der Waals surface area contributed by atoms with Crippen molar-refractivity contribution in [2.75, 3.05) is 0 Å². The van der Waals surface area contributed by atoms with Crippen LogP contribution >= 0.6 is 0 Å². The van der Waals surface area contributed by atoms with Crippen LogP contribution in [0, 0.1) is 0 Å². The highest BCUT2D eigenvalue weighted by Crippen LogP contribution is 2.43. The Bertz CT molecular complexity index is 3910. The number of para-hydroxylation sites is 2. The molecule has 0 aliphatic carbocycles. The van der Waals surface area contributed by atoms with E-state index < -0.39 is 0 Å². The fourth-order valence-corrected chi connectivity index (χ4v) is 9.55. The van der Waals surface area contributed by atoms with Gasteiger partial charge in [0.05, 0.1) is 44.5 Å². The standard InChI is InChI=1S/C59H37N5O.C2H6/c1-5-16-38(17-6-1)40-28-30-42(31-29-40)50-37-49(41-20-9-3-10-21-41)61-59(62-50)64-53-35-33-48-57(65-58(60-48)43-22-11-4-12-23-43)55(53)46-25-15-27-54(56(46)64)63-51-26-14-13-24-45(51)47-36-44(32-34-52(47)63)39-18-7-2-8-19-39;1-2/h1-37H;1-2H3. The van der Waals surface area contributed by atoms with Crippen LogP contribution in [0.25, 0.3) is 123 Å². The molecule has 9 aromatic carbocycles. The van der Waals surface area contributed by atoms with E-state index in [0.29, 0.717) is 17.4 Å². The van der Waals surface area contributed by atoms with Gasteiger partial charge in [0, 0.05) is 32.8 Å². The number of aromatic nitrogens is 5. The summed E-state index contributed by atoms with van der Waals surface area (Å²) in [6, 6.07) is 78.5. The molecule has 0 unspecified atom stereocenters. The summed E-state index contributed by atoms with van der Waals surface area (Å²) in [5.41, 5.74) is 15.8. The normalized spacial score (nSPS) is 11.4. The average molecular weight is 862 g/mol. The Morgan fingerprint density at radius 2 is 0.866 bits per heavy atom. The number of rotatable bonds is 7. The highest BCUT2D eigenvalue weighted by molar-refractivity contribution is 6.21. The number of benzene rings is 9. The lowest BCUT2D eigenvalue weighted by atomic mass is 10.0. The summed E-state index contributed by atoms with van der Waals surface area (Å²) >= 11 is 0. The predicted molar refractivity (Wildman–Crippen MR) is 277 cm³/mol. The maximum absolute atomic E-state index is 6.81. The molecule has 4 aromatic heterocycles. The SMILES string of the molecule is CC.c1ccc(-c2ccc(-c3cc(-c4ccccc4)nc(-n4c5ccc6nc(-c7ccccc7)oc6c5c5cccc(-n6c7ccccc7c7cc(-c8ccccc8)ccc76)c54)n3)cc2)cc1. The Morgan fingerprint density at radius 3 is 1.55 bits per heavy atom. The Labute approximate surface area is 387 Å². The van der Waals surface area contributed by atoms with Crippen LogP contribution in [0.3, 0.4) is 0 Å². The van der Waals surface area contributed by atoms with Crippen molar-refractivity contribution in [1.82, 2.24) is 24.1 Å². The zero-order chi connectivity index (χ0) is 44.8. The Balaban J connectivity index is 0.00000231. The molecule has 0 amide bonds. The van der Waals surface area contributed by atoms with Crippen LogP contribution in [-0.2, 0) is 0 Å². The van der Waals surface area contributed by atoms with Crippen molar-refractivity contribution in [1.29, 1.82) is 0 Å². The van der Waals surface area contributed by atoms with Gasteiger partial charge < -0.3 is 8.98 Å². The average Bonchev–Trinajstić information content (AvgIpc) is 4.11. The lowest BCUT2D eigenvalue weighted by molar-refractivity contribution is 0.623. The minimum absolute atomic E-state index is 0.551. The molecule has 0 spiro atoms. The molecule has 13 aromatic rings. The first-order chi connectivity index (χ1) is 33.2. The molecule has 0 saturated carbocycles. The number of nitrogens with zero attached hydrogens (tertiary/aromatic N) is 5. The monoisotopic (exact) mass is 861 g/mol. The van der Waals surface area contributed by atoms with E-state index >= 15 is 0 Å². The smallest absolute Gasteiger partial charge is 0.235 e. The largest absolute Gasteiger partial charge is 0.435 e. The summed E-state index contributed by atoms with van der Waals surface area (Å²) in [6.07, 6.45) is 0. The third-order valence-electron chi connectivity index (χ3n) is 12.6. The van der Waals surface area contributed by atoms with Gasteiger partial charge in [-0.3, -0.25) is 4.57 Å². The van der Waals surface area contributed by atoms with Crippen LogP contribution < -0.4 is 0 Å². The molecule has 6 heteroatoms. The molecule has 6 nitrogen and oxygen atoms in total. The molecule has 0 fully saturated rings. The maximum atomic E-state index is 6.81. The molecule has 13 rings (SSSR count). The van der Waals surface area contributed by atoms with Gasteiger partial charge in [-0.05, 0) is 76.9 Å². The van der Waals surface area contributed by atoms with Crippen LogP contribution in [0.1, 0.15) is 13.8 Å². The van der Waals surface area contributed by atoms with E-state index in [2.05, 4.69) is 191 Å². The molecule has 0 bridgehead atoms. The van der Waals surface area contributed by atoms with Crippen LogP contribution in [0.15, 0.2) is 229 Å². The van der Waals surface area contributed by atoms with Gasteiger partial charge in [-0.2, -0.15) is 0 Å². The molecule has 0 radical (unpaired) electrons. The number of hydrogen-bond acceptors (Lipinski definition) is 4. The summed E-state index contributed by atoms with van der Waals surface area (Å²) in [5.74, 6) is 1.13. The van der Waals surface area contributed by atoms with Crippen LogP contribution in [0.5, 0.6) is 0 Å². The van der Waals surface area contributed by atoms with Crippen molar-refractivity contribution in [2.24, 2.45) is 0 Å². The third-order valence-corrected chi connectivity index (χ3v) is 12.6. The van der Waals surface area contributed by atoms with Gasteiger partial charge in [-0.25, -0.2) is 15.0 Å². The van der Waals surface area contributed by atoms with E-state index in [1.54, 1.807) is 0 Å². The van der Waals surface area contributed by atoms with E-state index in [1.165, 1.54) is 27.5 Å². The highest BCUT2D eigenvalue weighted by Gasteiger charge is 2.25. The van der Waals surface area contributed by atoms with Crippen molar-refractivity contribution < 1.29 is 4.42 Å². The van der Waals surface area contributed by atoms with Crippen molar-refractivity contribution in [2.45, 2.75) is 13.8 Å². The molecule has 4 heterocycles. The second-order valence-corrected chi connectivity index (χ2v) is 16.4. The number of fused-ring (bicyclic) bond motifs is 8. The molecule has 0 N–H and O–H groups in total. The topological polar surface area (TPSA) is 61.7 Å². The van der Waals surface area contributed by atoms with E-state index in [4.69, 9.17) is 19.4 Å². The highest BCUT2D eigenvalue weighted by atomic mass is 16.3. The third kappa shape index (κ3) is 6.77. The molecule has 0 atom stereocenters. The fraction of sp³-hybridized carbons (Fsp3) is 0.0328. The van der Waals surface area contributed by atoms with Crippen LogP contribution in [-0.4, -0.2) is 24.1 Å². The Kier molecular flexibility index (Phi) is 9.84. The van der Waals surface area contributed by atoms with E-state index in [0.717, 1.165) is 77.7 Å². The first-order valence-corrected chi connectivity index (χ1v) is 22.9. The summed E-state index contributed by atoms with van der Waals surface area (Å²) in [4.78, 5) is 16.0. The first-order valence-electron chi connectivity index (χ1n) is 22.9. The molecule has 0 aliphatic rings. The zero-order valence-electron chi connectivity index (χ0n) is 37.0. The van der Waals surface area contributed by atoms with Gasteiger partial charge in [0.1, 0.15) is 5.52 Å². The Hall–Kier alpha value is -8.87. The van der Waals surface area contributed by atoms with Crippen molar-refractivity contribution in [3.63, 3.8) is 0 Å². The van der Waals surface area contributed by atoms with Gasteiger partial charge in [0.25, 0.3) is 0 Å². The summed E-state index contributed by atoms with van der Waals surface area (Å²) < 4.78 is 11.4.